The van der Waals surface area contributed by atoms with Gasteiger partial charge in [-0.15, -0.1) is 11.3 Å². The van der Waals surface area contributed by atoms with Gasteiger partial charge in [0, 0.05) is 6.04 Å². The van der Waals surface area contributed by atoms with E-state index in [1.165, 1.54) is 24.0 Å². The van der Waals surface area contributed by atoms with Crippen LogP contribution in [-0.2, 0) is 0 Å². The van der Waals surface area contributed by atoms with Crippen LogP contribution in [0.15, 0.2) is 12.1 Å². The topological polar surface area (TPSA) is 50.9 Å². The standard InChI is InChI=1S/C16H23N3S/c1-9-4-10(2)6-12(5-9)19-14-8-15-16(7-13(14)17)20-11(3)18-15/h7-10,12,19H,4-6,17H2,1-3H3. The van der Waals surface area contributed by atoms with Crippen LogP contribution in [-0.4, -0.2) is 11.0 Å². The zero-order chi connectivity index (χ0) is 14.3. The minimum Gasteiger partial charge on any atom is -0.397 e. The van der Waals surface area contributed by atoms with Gasteiger partial charge in [-0.25, -0.2) is 4.98 Å². The number of benzene rings is 1. The Kier molecular flexibility index (Phi) is 3.59. The summed E-state index contributed by atoms with van der Waals surface area (Å²) >= 11 is 1.70. The molecule has 0 spiro atoms. The van der Waals surface area contributed by atoms with Gasteiger partial charge in [-0.1, -0.05) is 13.8 Å². The van der Waals surface area contributed by atoms with Gasteiger partial charge < -0.3 is 11.1 Å². The maximum Gasteiger partial charge on any atom is 0.0907 e. The molecule has 1 aromatic heterocycles. The number of hydrogen-bond donors (Lipinski definition) is 2. The number of anilines is 2. The van der Waals surface area contributed by atoms with Crippen molar-refractivity contribution in [3.8, 4) is 0 Å². The maximum atomic E-state index is 6.20. The first-order valence-corrected chi connectivity index (χ1v) is 8.26. The molecule has 1 aliphatic carbocycles. The lowest BCUT2D eigenvalue weighted by atomic mass is 9.80. The van der Waals surface area contributed by atoms with Gasteiger partial charge >= 0.3 is 0 Å². The minimum absolute atomic E-state index is 0.535. The highest BCUT2D eigenvalue weighted by atomic mass is 32.1. The zero-order valence-electron chi connectivity index (χ0n) is 12.4. The van der Waals surface area contributed by atoms with Crippen LogP contribution in [0.3, 0.4) is 0 Å². The van der Waals surface area contributed by atoms with Gasteiger partial charge in [-0.05, 0) is 50.2 Å². The highest BCUT2D eigenvalue weighted by Gasteiger charge is 2.24. The van der Waals surface area contributed by atoms with E-state index in [9.17, 15) is 0 Å². The number of aryl methyl sites for hydroxylation is 1. The summed E-state index contributed by atoms with van der Waals surface area (Å²) in [5.74, 6) is 1.59. The average molecular weight is 289 g/mol. The molecular formula is C16H23N3S. The van der Waals surface area contributed by atoms with Crippen LogP contribution in [0, 0.1) is 18.8 Å². The van der Waals surface area contributed by atoms with E-state index in [1.807, 2.05) is 6.92 Å². The van der Waals surface area contributed by atoms with Crippen LogP contribution in [0.1, 0.15) is 38.1 Å². The molecule has 0 saturated heterocycles. The van der Waals surface area contributed by atoms with E-state index < -0.39 is 0 Å². The summed E-state index contributed by atoms with van der Waals surface area (Å²) < 4.78 is 1.18. The van der Waals surface area contributed by atoms with Gasteiger partial charge in [-0.3, -0.25) is 0 Å². The van der Waals surface area contributed by atoms with E-state index in [2.05, 4.69) is 36.3 Å². The van der Waals surface area contributed by atoms with Crippen LogP contribution in [0.5, 0.6) is 0 Å². The molecule has 20 heavy (non-hydrogen) atoms. The number of hydrogen-bond acceptors (Lipinski definition) is 4. The molecule has 1 heterocycles. The van der Waals surface area contributed by atoms with E-state index in [1.54, 1.807) is 11.3 Å². The van der Waals surface area contributed by atoms with Crippen LogP contribution < -0.4 is 11.1 Å². The molecule has 0 bridgehead atoms. The van der Waals surface area contributed by atoms with Crippen molar-refractivity contribution >= 4 is 32.9 Å². The quantitative estimate of drug-likeness (QED) is 0.804. The van der Waals surface area contributed by atoms with Crippen molar-refractivity contribution < 1.29 is 0 Å². The molecule has 108 valence electrons. The number of rotatable bonds is 2. The number of thiazole rings is 1. The third-order valence-corrected chi connectivity index (χ3v) is 5.14. The average Bonchev–Trinajstić information content (AvgIpc) is 2.67. The van der Waals surface area contributed by atoms with Crippen molar-refractivity contribution in [1.82, 2.24) is 4.98 Å². The summed E-state index contributed by atoms with van der Waals surface area (Å²) in [6.45, 7) is 6.74. The highest BCUT2D eigenvalue weighted by Crippen LogP contribution is 2.34. The van der Waals surface area contributed by atoms with Crippen LogP contribution in [0.4, 0.5) is 11.4 Å². The van der Waals surface area contributed by atoms with Crippen LogP contribution in [0.25, 0.3) is 10.2 Å². The van der Waals surface area contributed by atoms with Gasteiger partial charge in [0.25, 0.3) is 0 Å². The van der Waals surface area contributed by atoms with Crippen LogP contribution in [0.2, 0.25) is 0 Å². The molecule has 1 aliphatic rings. The third kappa shape index (κ3) is 2.75. The molecule has 1 saturated carbocycles. The summed E-state index contributed by atoms with van der Waals surface area (Å²) in [6.07, 6.45) is 3.81. The molecule has 2 atom stereocenters. The van der Waals surface area contributed by atoms with Crippen molar-refractivity contribution in [3.63, 3.8) is 0 Å². The van der Waals surface area contributed by atoms with Crippen molar-refractivity contribution in [2.75, 3.05) is 11.1 Å². The smallest absolute Gasteiger partial charge is 0.0907 e. The molecule has 0 aliphatic heterocycles. The SMILES string of the molecule is Cc1nc2cc(NC3CC(C)CC(C)C3)c(N)cc2s1. The number of fused-ring (bicyclic) bond motifs is 1. The Labute approximate surface area is 124 Å². The predicted molar refractivity (Wildman–Crippen MR) is 88.4 cm³/mol. The largest absolute Gasteiger partial charge is 0.397 e. The summed E-state index contributed by atoms with van der Waals surface area (Å²) in [6, 6.07) is 4.70. The second-order valence-corrected chi connectivity index (χ2v) is 7.63. The summed E-state index contributed by atoms with van der Waals surface area (Å²) in [7, 11) is 0. The Morgan fingerprint density at radius 3 is 2.60 bits per heavy atom. The molecule has 0 amide bonds. The summed E-state index contributed by atoms with van der Waals surface area (Å²) in [5.41, 5.74) is 9.15. The molecule has 0 radical (unpaired) electrons. The van der Waals surface area contributed by atoms with Gasteiger partial charge in [0.1, 0.15) is 0 Å². The molecule has 1 aromatic carbocycles. The Morgan fingerprint density at radius 1 is 1.20 bits per heavy atom. The molecule has 3 nitrogen and oxygen atoms in total. The van der Waals surface area contributed by atoms with Crippen molar-refractivity contribution in [1.29, 1.82) is 0 Å². The molecule has 4 heteroatoms. The van der Waals surface area contributed by atoms with E-state index in [-0.39, 0.29) is 0 Å². The normalized spacial score (nSPS) is 26.9. The first-order chi connectivity index (χ1) is 9.51. The van der Waals surface area contributed by atoms with Gasteiger partial charge in [0.15, 0.2) is 0 Å². The van der Waals surface area contributed by atoms with E-state index in [0.717, 1.165) is 33.7 Å². The molecular weight excluding hydrogens is 266 g/mol. The fourth-order valence-electron chi connectivity index (χ4n) is 3.51. The van der Waals surface area contributed by atoms with E-state index in [4.69, 9.17) is 5.73 Å². The molecule has 3 N–H and O–H groups in total. The van der Waals surface area contributed by atoms with E-state index >= 15 is 0 Å². The monoisotopic (exact) mass is 289 g/mol. The Bertz CT molecular complexity index is 609. The third-order valence-electron chi connectivity index (χ3n) is 4.20. The lowest BCUT2D eigenvalue weighted by molar-refractivity contribution is 0.281. The predicted octanol–water partition coefficient (Wildman–Crippen LogP) is 4.42. The van der Waals surface area contributed by atoms with E-state index in [0.29, 0.717) is 6.04 Å². The minimum atomic E-state index is 0.535. The number of nitrogen functional groups attached to an aromatic ring is 1. The zero-order valence-corrected chi connectivity index (χ0v) is 13.3. The first-order valence-electron chi connectivity index (χ1n) is 7.44. The molecule has 3 rings (SSSR count). The van der Waals surface area contributed by atoms with Crippen molar-refractivity contribution in [2.45, 2.75) is 46.1 Å². The maximum absolute atomic E-state index is 6.20. The number of nitrogens with two attached hydrogens (primary N) is 1. The van der Waals surface area contributed by atoms with Gasteiger partial charge in [-0.2, -0.15) is 0 Å². The first kappa shape index (κ1) is 13.7. The Morgan fingerprint density at radius 2 is 1.90 bits per heavy atom. The lowest BCUT2D eigenvalue weighted by Crippen LogP contribution is -2.30. The van der Waals surface area contributed by atoms with Crippen molar-refractivity contribution in [2.24, 2.45) is 11.8 Å². The lowest BCUT2D eigenvalue weighted by Gasteiger charge is -2.32. The fraction of sp³-hybridized carbons (Fsp3) is 0.562. The summed E-state index contributed by atoms with van der Waals surface area (Å²) in [5, 5.41) is 4.74. The molecule has 2 aromatic rings. The number of aromatic nitrogens is 1. The molecule has 1 fully saturated rings. The van der Waals surface area contributed by atoms with Crippen LogP contribution >= 0.6 is 11.3 Å². The second-order valence-electron chi connectivity index (χ2n) is 6.40. The number of nitrogens with one attached hydrogen (secondary N) is 1. The van der Waals surface area contributed by atoms with Crippen molar-refractivity contribution in [3.05, 3.63) is 17.1 Å². The van der Waals surface area contributed by atoms with Gasteiger partial charge in [0.2, 0.25) is 0 Å². The van der Waals surface area contributed by atoms with Gasteiger partial charge in [0.05, 0.1) is 26.6 Å². The Hall–Kier alpha value is -1.29. The highest BCUT2D eigenvalue weighted by molar-refractivity contribution is 7.18. The summed E-state index contributed by atoms with van der Waals surface area (Å²) in [4.78, 5) is 4.56. The number of nitrogens with zero attached hydrogens (tertiary/aromatic N) is 1. The molecule has 2 unspecified atom stereocenters. The fourth-order valence-corrected chi connectivity index (χ4v) is 4.37. The second kappa shape index (κ2) is 5.24. The Balaban J connectivity index is 1.84.